The van der Waals surface area contributed by atoms with Crippen LogP contribution in [0.15, 0.2) is 30.3 Å². The number of benzene rings is 1. The largest absolute Gasteiger partial charge is 0.393 e. The van der Waals surface area contributed by atoms with Crippen LogP contribution in [0.2, 0.25) is 0 Å². The van der Waals surface area contributed by atoms with Crippen molar-refractivity contribution in [1.29, 1.82) is 0 Å². The van der Waals surface area contributed by atoms with Gasteiger partial charge in [-0.25, -0.2) is 0 Å². The minimum absolute atomic E-state index is 0.00218. The number of carbonyl (C=O) groups excluding carboxylic acids is 12. The molecule has 26 nitrogen and oxygen atoms in total. The highest BCUT2D eigenvalue weighted by atomic mass is 16.3. The van der Waals surface area contributed by atoms with Crippen molar-refractivity contribution in [2.75, 3.05) is 39.3 Å². The van der Waals surface area contributed by atoms with Gasteiger partial charge in [0.2, 0.25) is 41.4 Å². The van der Waals surface area contributed by atoms with Crippen LogP contribution in [0.1, 0.15) is 195 Å². The molecule has 94 heavy (non-hydrogen) atoms. The highest BCUT2D eigenvalue weighted by Gasteiger charge is 2.39. The Hall–Kier alpha value is -6.42. The van der Waals surface area contributed by atoms with E-state index in [-0.39, 0.29) is 109 Å². The topological polar surface area (TPSA) is 460 Å². The van der Waals surface area contributed by atoms with Crippen molar-refractivity contribution in [2.24, 2.45) is 64.2 Å². The molecule has 0 saturated carbocycles. The Kier molecular flexibility index (Phi) is 41.5. The van der Waals surface area contributed by atoms with Gasteiger partial charge in [-0.05, 0) is 122 Å². The van der Waals surface area contributed by atoms with Gasteiger partial charge in [0, 0.05) is 62.8 Å². The molecule has 1 aliphatic rings. The van der Waals surface area contributed by atoms with Gasteiger partial charge < -0.3 is 76.1 Å². The van der Waals surface area contributed by atoms with Crippen LogP contribution in [-0.4, -0.2) is 168 Å². The van der Waals surface area contributed by atoms with Crippen LogP contribution in [0, 0.1) is 35.5 Å². The molecule has 1 aliphatic heterocycles. The normalized spacial score (nSPS) is 22.1. The van der Waals surface area contributed by atoms with Gasteiger partial charge in [0.05, 0.1) is 48.2 Å². The summed E-state index contributed by atoms with van der Waals surface area (Å²) >= 11 is 0. The molecule has 1 aromatic carbocycles. The number of rotatable bonds is 39. The fraction of sp³-hybridized carbons (Fsp3) is 0.735. The van der Waals surface area contributed by atoms with Gasteiger partial charge in [-0.15, -0.1) is 0 Å². The van der Waals surface area contributed by atoms with E-state index in [1.807, 2.05) is 20.8 Å². The number of Topliss-reactive ketones (excluding diaryl/α,β-unsaturated/α-hetero) is 5. The summed E-state index contributed by atoms with van der Waals surface area (Å²) in [6.45, 7) is 9.46. The first kappa shape index (κ1) is 83.7. The summed E-state index contributed by atoms with van der Waals surface area (Å²) in [5.74, 6) is -14.5. The smallest absolute Gasteiger partial charge is 0.243 e. The minimum atomic E-state index is -1.48. The van der Waals surface area contributed by atoms with Crippen LogP contribution in [0.5, 0.6) is 0 Å². The molecule has 19 N–H and O–H groups in total. The zero-order valence-electron chi connectivity index (χ0n) is 56.9. The molecule has 1 aromatic rings. The number of nitrogens with one attached hydrogen (secondary N) is 7. The summed E-state index contributed by atoms with van der Waals surface area (Å²) in [6, 6.07) is 0.953. The molecule has 2 rings (SSSR count). The third kappa shape index (κ3) is 31.4. The highest BCUT2D eigenvalue weighted by molar-refractivity contribution is 5.99. The molecule has 0 aliphatic carbocycles. The summed E-state index contributed by atoms with van der Waals surface area (Å²) in [5.41, 5.74) is 30.5. The maximum atomic E-state index is 14.8. The molecule has 13 atom stereocenters. The molecular formula is C68H116N12O14. The maximum Gasteiger partial charge on any atom is 0.243 e. The number of ketones is 5. The summed E-state index contributed by atoms with van der Waals surface area (Å²) in [6.07, 6.45) is 3.00. The fourth-order valence-corrected chi connectivity index (χ4v) is 11.6. The first-order valence-corrected chi connectivity index (χ1v) is 34.4. The lowest BCUT2D eigenvalue weighted by atomic mass is 9.88. The van der Waals surface area contributed by atoms with Gasteiger partial charge in [-0.1, -0.05) is 109 Å². The van der Waals surface area contributed by atoms with E-state index >= 15 is 0 Å². The van der Waals surface area contributed by atoms with Crippen molar-refractivity contribution in [3.05, 3.63) is 35.9 Å². The Morgan fingerprint density at radius 2 is 1.06 bits per heavy atom. The van der Waals surface area contributed by atoms with Crippen molar-refractivity contribution in [3.8, 4) is 0 Å². The SMILES string of the molecule is CCCCCCCC[C@H](CC(=O)CCCCC)C(=O)N[C@@H](CCN)C(=O)C[C@H](C(=O)N[C@@H](CCN)C(=O)C[C@H]1CCNC(=O)[C@H]([C@@H](C)O)CC(=O)[C@H](CCN)NC(=O)[C@H](CCN)NC(=O)[C@H](CC(C)C)NC(=O)[C@@H](Cc2ccccc2)CC(=O)[C@H](CCN)NC1=O)[C@@H](C)O. The Morgan fingerprint density at radius 1 is 0.553 bits per heavy atom. The second-order valence-corrected chi connectivity index (χ2v) is 25.9. The first-order valence-electron chi connectivity index (χ1n) is 34.4. The predicted molar refractivity (Wildman–Crippen MR) is 358 cm³/mol. The van der Waals surface area contributed by atoms with Gasteiger partial charge in [0.15, 0.2) is 23.1 Å². The lowest BCUT2D eigenvalue weighted by molar-refractivity contribution is -0.138. The number of hydrogen-bond acceptors (Lipinski definition) is 19. The Bertz CT molecular complexity index is 2540. The van der Waals surface area contributed by atoms with Crippen LogP contribution in [0.4, 0.5) is 0 Å². The number of nitrogens with two attached hydrogens (primary N) is 5. The van der Waals surface area contributed by atoms with Crippen LogP contribution in [-0.2, 0) is 64.0 Å². The molecule has 1 fully saturated rings. The van der Waals surface area contributed by atoms with Crippen molar-refractivity contribution < 1.29 is 67.7 Å². The highest BCUT2D eigenvalue weighted by Crippen LogP contribution is 2.23. The third-order valence-electron chi connectivity index (χ3n) is 17.3. The van der Waals surface area contributed by atoms with Crippen molar-refractivity contribution in [3.63, 3.8) is 0 Å². The molecule has 7 amide bonds. The standard InChI is InChI=1S/C68H116N12O14/c1-7-9-11-12-13-18-21-46(37-49(83)22-15-10-8-2)62(88)76-54(25-31-71)61(87)41-51(44(6)82)66(92)77-53(24-30-70)58(84)38-47-28-34-74-65(91)50(43(5)81)40-60(86)55(26-32-72)78-67(93)56(27-33-73)79-68(94)57(35-42(3)4)80-64(90)48(36-45-19-16-14-17-20-45)39-59(85)52(23-29-69)75-63(47)89/h14,16-17,19-20,42-44,46-48,50-57,81-82H,7-13,15,18,21-41,69-73H2,1-6H3,(H,74,91)(H,75,89)(H,76,88)(H,77,92)(H,78,93)(H,79,94)(H,80,90)/t43-,44-,46-,47-,48+,50+,51+,52+,53+,54+,55+,56+,57+/m1/s1. The van der Waals surface area contributed by atoms with E-state index in [1.165, 1.54) is 13.8 Å². The van der Waals surface area contributed by atoms with E-state index in [9.17, 15) is 67.7 Å². The van der Waals surface area contributed by atoms with Crippen LogP contribution in [0.3, 0.4) is 0 Å². The molecule has 0 aromatic heterocycles. The lowest BCUT2D eigenvalue weighted by Crippen LogP contribution is -2.57. The van der Waals surface area contributed by atoms with E-state index in [0.29, 0.717) is 31.2 Å². The van der Waals surface area contributed by atoms with Crippen LogP contribution >= 0.6 is 0 Å². The molecule has 0 unspecified atom stereocenters. The van der Waals surface area contributed by atoms with E-state index in [2.05, 4.69) is 44.1 Å². The first-order chi connectivity index (χ1) is 44.8. The van der Waals surface area contributed by atoms with Gasteiger partial charge in [-0.2, -0.15) is 0 Å². The number of amides is 7. The third-order valence-corrected chi connectivity index (χ3v) is 17.3. The molecule has 1 saturated heterocycles. The molecule has 0 spiro atoms. The molecule has 532 valence electrons. The number of unbranched alkanes of at least 4 members (excludes halogenated alkanes) is 7. The number of carbonyl (C=O) groups is 12. The zero-order chi connectivity index (χ0) is 70.3. The summed E-state index contributed by atoms with van der Waals surface area (Å²) in [4.78, 5) is 170. The minimum Gasteiger partial charge on any atom is -0.393 e. The van der Waals surface area contributed by atoms with E-state index in [4.69, 9.17) is 28.7 Å². The molecule has 1 heterocycles. The van der Waals surface area contributed by atoms with E-state index < -0.39 is 168 Å². The quantitative estimate of drug-likeness (QED) is 0.0414. The second kappa shape index (κ2) is 46.7. The van der Waals surface area contributed by atoms with Gasteiger partial charge in [-0.3, -0.25) is 57.5 Å². The summed E-state index contributed by atoms with van der Waals surface area (Å²) < 4.78 is 0. The zero-order valence-corrected chi connectivity index (χ0v) is 56.9. The van der Waals surface area contributed by atoms with E-state index in [1.54, 1.807) is 30.3 Å². The molecule has 0 bridgehead atoms. The maximum absolute atomic E-state index is 14.8. The van der Waals surface area contributed by atoms with Crippen LogP contribution < -0.4 is 65.9 Å². The van der Waals surface area contributed by atoms with Crippen molar-refractivity contribution >= 4 is 70.3 Å². The average molecular weight is 1330 g/mol. The van der Waals surface area contributed by atoms with Crippen molar-refractivity contribution in [1.82, 2.24) is 37.2 Å². The Morgan fingerprint density at radius 3 is 1.64 bits per heavy atom. The summed E-state index contributed by atoms with van der Waals surface area (Å²) in [5, 5.41) is 40.9. The Balaban J connectivity index is 2.67. The fourth-order valence-electron chi connectivity index (χ4n) is 11.6. The van der Waals surface area contributed by atoms with E-state index in [0.717, 1.165) is 44.9 Å². The predicted octanol–water partition coefficient (Wildman–Crippen LogP) is 1.42. The molecule has 26 heteroatoms. The molecular weight excluding hydrogens is 1210 g/mol. The molecule has 0 radical (unpaired) electrons. The van der Waals surface area contributed by atoms with Gasteiger partial charge >= 0.3 is 0 Å². The number of hydrogen-bond donors (Lipinski definition) is 14. The second-order valence-electron chi connectivity index (χ2n) is 25.9. The monoisotopic (exact) mass is 1320 g/mol. The number of aliphatic hydroxyl groups is 2. The number of aliphatic hydroxyl groups excluding tert-OH is 2. The Labute approximate surface area is 556 Å². The summed E-state index contributed by atoms with van der Waals surface area (Å²) in [7, 11) is 0. The van der Waals surface area contributed by atoms with Crippen LogP contribution in [0.25, 0.3) is 0 Å². The lowest BCUT2D eigenvalue weighted by Gasteiger charge is -2.28. The average Bonchev–Trinajstić information content (AvgIpc) is 0.962. The van der Waals surface area contributed by atoms with Crippen molar-refractivity contribution in [2.45, 2.75) is 244 Å². The van der Waals surface area contributed by atoms with Gasteiger partial charge in [0.1, 0.15) is 17.9 Å². The van der Waals surface area contributed by atoms with Gasteiger partial charge in [0.25, 0.3) is 0 Å².